The Morgan fingerprint density at radius 1 is 1.52 bits per heavy atom. The molecular formula is C16H27N3O2. The Balaban J connectivity index is 2.17. The molecule has 21 heavy (non-hydrogen) atoms. The van der Waals surface area contributed by atoms with Crippen molar-refractivity contribution in [3.63, 3.8) is 0 Å². The Kier molecular flexibility index (Phi) is 5.04. The van der Waals surface area contributed by atoms with Crippen LogP contribution in [0.1, 0.15) is 57.0 Å². The van der Waals surface area contributed by atoms with Crippen LogP contribution in [-0.4, -0.2) is 34.4 Å². The van der Waals surface area contributed by atoms with Crippen molar-refractivity contribution in [2.24, 2.45) is 0 Å². The van der Waals surface area contributed by atoms with Gasteiger partial charge in [0.15, 0.2) is 0 Å². The molecule has 1 saturated carbocycles. The van der Waals surface area contributed by atoms with Gasteiger partial charge in [-0.3, -0.25) is 9.48 Å². The molecule has 2 unspecified atom stereocenters. The van der Waals surface area contributed by atoms with Crippen molar-refractivity contribution in [2.45, 2.75) is 65.0 Å². The fourth-order valence-electron chi connectivity index (χ4n) is 3.30. The first kappa shape index (κ1) is 16.0. The van der Waals surface area contributed by atoms with Gasteiger partial charge in [0.1, 0.15) is 5.54 Å². The van der Waals surface area contributed by atoms with Gasteiger partial charge in [-0.1, -0.05) is 6.92 Å². The molecule has 0 aliphatic heterocycles. The van der Waals surface area contributed by atoms with Gasteiger partial charge >= 0.3 is 5.97 Å². The van der Waals surface area contributed by atoms with Crippen molar-refractivity contribution in [1.82, 2.24) is 15.1 Å². The molecule has 1 N–H and O–H groups in total. The molecule has 2 rings (SSSR count). The zero-order chi connectivity index (χ0) is 15.5. The molecule has 118 valence electrons. The maximum Gasteiger partial charge on any atom is 0.326 e. The summed E-state index contributed by atoms with van der Waals surface area (Å²) in [5.41, 5.74) is 1.65. The second-order valence-electron chi connectivity index (χ2n) is 6.00. The highest BCUT2D eigenvalue weighted by atomic mass is 16.5. The van der Waals surface area contributed by atoms with Crippen molar-refractivity contribution >= 4 is 5.97 Å². The lowest BCUT2D eigenvalue weighted by atomic mass is 9.97. The number of aryl methyl sites for hydroxylation is 2. The summed E-state index contributed by atoms with van der Waals surface area (Å²) in [4.78, 5) is 12.4. The van der Waals surface area contributed by atoms with E-state index in [1.807, 2.05) is 13.8 Å². The minimum absolute atomic E-state index is 0.109. The van der Waals surface area contributed by atoms with Gasteiger partial charge < -0.3 is 10.1 Å². The molecule has 1 fully saturated rings. The number of carbonyl (C=O) groups excluding carboxylic acids is 1. The van der Waals surface area contributed by atoms with E-state index in [4.69, 9.17) is 4.74 Å². The number of hydrogen-bond acceptors (Lipinski definition) is 4. The van der Waals surface area contributed by atoms with Crippen molar-refractivity contribution in [2.75, 3.05) is 13.2 Å². The Morgan fingerprint density at radius 3 is 2.86 bits per heavy atom. The number of rotatable bonds is 6. The first-order valence-corrected chi connectivity index (χ1v) is 7.97. The summed E-state index contributed by atoms with van der Waals surface area (Å²) in [6.07, 6.45) is 3.53. The van der Waals surface area contributed by atoms with Crippen LogP contribution in [0.3, 0.4) is 0 Å². The molecular weight excluding hydrogens is 266 g/mol. The summed E-state index contributed by atoms with van der Waals surface area (Å²) < 4.78 is 7.39. The quantitative estimate of drug-likeness (QED) is 0.819. The Labute approximate surface area is 127 Å². The van der Waals surface area contributed by atoms with Crippen LogP contribution in [0, 0.1) is 13.8 Å². The molecule has 0 radical (unpaired) electrons. The molecule has 1 aromatic heterocycles. The van der Waals surface area contributed by atoms with Gasteiger partial charge in [-0.25, -0.2) is 0 Å². The average molecular weight is 293 g/mol. The molecule has 1 aliphatic carbocycles. The zero-order valence-electron chi connectivity index (χ0n) is 13.6. The summed E-state index contributed by atoms with van der Waals surface area (Å²) >= 11 is 0. The van der Waals surface area contributed by atoms with E-state index < -0.39 is 5.54 Å². The fourth-order valence-corrected chi connectivity index (χ4v) is 3.30. The van der Waals surface area contributed by atoms with Crippen molar-refractivity contribution in [3.8, 4) is 0 Å². The van der Waals surface area contributed by atoms with E-state index in [2.05, 4.69) is 35.0 Å². The van der Waals surface area contributed by atoms with Crippen LogP contribution in [0.2, 0.25) is 0 Å². The number of aromatic nitrogens is 2. The number of nitrogens with zero attached hydrogens (tertiary/aromatic N) is 2. The van der Waals surface area contributed by atoms with Crippen molar-refractivity contribution in [3.05, 3.63) is 17.5 Å². The van der Waals surface area contributed by atoms with Crippen LogP contribution >= 0.6 is 0 Å². The van der Waals surface area contributed by atoms with Crippen molar-refractivity contribution < 1.29 is 9.53 Å². The van der Waals surface area contributed by atoms with Crippen LogP contribution < -0.4 is 5.32 Å². The molecule has 1 heterocycles. The monoisotopic (exact) mass is 293 g/mol. The van der Waals surface area contributed by atoms with E-state index in [-0.39, 0.29) is 12.0 Å². The predicted molar refractivity (Wildman–Crippen MR) is 82.2 cm³/mol. The van der Waals surface area contributed by atoms with Crippen LogP contribution in [-0.2, 0) is 9.53 Å². The van der Waals surface area contributed by atoms with Gasteiger partial charge in [0.25, 0.3) is 0 Å². The van der Waals surface area contributed by atoms with Crippen LogP contribution in [0.4, 0.5) is 0 Å². The third kappa shape index (κ3) is 3.28. The molecule has 5 nitrogen and oxygen atoms in total. The van der Waals surface area contributed by atoms with Gasteiger partial charge in [0.2, 0.25) is 0 Å². The highest BCUT2D eigenvalue weighted by Crippen LogP contribution is 2.39. The highest BCUT2D eigenvalue weighted by Gasteiger charge is 2.47. The summed E-state index contributed by atoms with van der Waals surface area (Å²) in [6, 6.07) is 2.36. The lowest BCUT2D eigenvalue weighted by Crippen LogP contribution is -2.51. The summed E-state index contributed by atoms with van der Waals surface area (Å²) in [5.74, 6) is -0.109. The zero-order valence-corrected chi connectivity index (χ0v) is 13.6. The van der Waals surface area contributed by atoms with E-state index in [1.54, 1.807) is 0 Å². The standard InChI is InChI=1S/C16H27N3O2/c1-5-9-17-16(15(20)21-6-2)8-7-14(11-16)19-13(4)10-12(3)18-19/h10,14,17H,5-9,11H2,1-4H3. The van der Waals surface area contributed by atoms with Crippen LogP contribution in [0.15, 0.2) is 6.07 Å². The molecule has 1 aliphatic rings. The lowest BCUT2D eigenvalue weighted by Gasteiger charge is -2.28. The van der Waals surface area contributed by atoms with E-state index in [0.717, 1.165) is 43.6 Å². The van der Waals surface area contributed by atoms with Crippen molar-refractivity contribution in [1.29, 1.82) is 0 Å². The van der Waals surface area contributed by atoms with E-state index in [1.165, 1.54) is 0 Å². The molecule has 0 bridgehead atoms. The molecule has 0 spiro atoms. The van der Waals surface area contributed by atoms with Gasteiger partial charge in [-0.15, -0.1) is 0 Å². The Bertz CT molecular complexity index is 498. The number of carbonyl (C=O) groups is 1. The maximum atomic E-state index is 12.4. The minimum Gasteiger partial charge on any atom is -0.465 e. The molecule has 1 aromatic rings. The smallest absolute Gasteiger partial charge is 0.326 e. The Morgan fingerprint density at radius 2 is 2.29 bits per heavy atom. The second kappa shape index (κ2) is 6.60. The van der Waals surface area contributed by atoms with Crippen LogP contribution in [0.25, 0.3) is 0 Å². The van der Waals surface area contributed by atoms with E-state index >= 15 is 0 Å². The van der Waals surface area contributed by atoms with Crippen LogP contribution in [0.5, 0.6) is 0 Å². The molecule has 0 aromatic carbocycles. The Hall–Kier alpha value is -1.36. The van der Waals surface area contributed by atoms with E-state index in [9.17, 15) is 4.79 Å². The van der Waals surface area contributed by atoms with Gasteiger partial charge in [-0.05, 0) is 59.1 Å². The third-order valence-electron chi connectivity index (χ3n) is 4.26. The first-order chi connectivity index (χ1) is 10.0. The normalized spacial score (nSPS) is 25.2. The average Bonchev–Trinajstić information content (AvgIpc) is 3.01. The predicted octanol–water partition coefficient (Wildman–Crippen LogP) is 2.53. The first-order valence-electron chi connectivity index (χ1n) is 7.97. The molecule has 5 heteroatoms. The van der Waals surface area contributed by atoms with Gasteiger partial charge in [0.05, 0.1) is 18.3 Å². The topological polar surface area (TPSA) is 56.1 Å². The van der Waals surface area contributed by atoms with Gasteiger partial charge in [0, 0.05) is 5.69 Å². The lowest BCUT2D eigenvalue weighted by molar-refractivity contribution is -0.151. The number of hydrogen-bond donors (Lipinski definition) is 1. The summed E-state index contributed by atoms with van der Waals surface area (Å²) in [5, 5.41) is 8.02. The largest absolute Gasteiger partial charge is 0.465 e. The van der Waals surface area contributed by atoms with E-state index in [0.29, 0.717) is 6.61 Å². The molecule has 0 amide bonds. The summed E-state index contributed by atoms with van der Waals surface area (Å²) in [6.45, 7) is 9.32. The minimum atomic E-state index is -0.539. The number of ether oxygens (including phenoxy) is 1. The SMILES string of the molecule is CCCNC1(C(=O)OCC)CCC(n2nc(C)cc2C)C1. The maximum absolute atomic E-state index is 12.4. The number of nitrogens with one attached hydrogen (secondary N) is 1. The fraction of sp³-hybridized carbons (Fsp3) is 0.750. The second-order valence-corrected chi connectivity index (χ2v) is 6.00. The highest BCUT2D eigenvalue weighted by molar-refractivity contribution is 5.81. The van der Waals surface area contributed by atoms with Gasteiger partial charge in [-0.2, -0.15) is 5.10 Å². The third-order valence-corrected chi connectivity index (χ3v) is 4.26. The molecule has 0 saturated heterocycles. The summed E-state index contributed by atoms with van der Waals surface area (Å²) in [7, 11) is 0. The molecule has 2 atom stereocenters. The number of esters is 1.